The highest BCUT2D eigenvalue weighted by atomic mass is 32.2. The van der Waals surface area contributed by atoms with Crippen LogP contribution >= 0.6 is 0 Å². The maximum absolute atomic E-state index is 14.2. The fourth-order valence-corrected chi connectivity index (χ4v) is 3.54. The number of carbonyl (C=O) groups is 1. The lowest BCUT2D eigenvalue weighted by Gasteiger charge is -2.30. The van der Waals surface area contributed by atoms with Crippen LogP contribution in [0.3, 0.4) is 0 Å². The molecule has 1 aliphatic heterocycles. The Kier molecular flexibility index (Phi) is 4.13. The van der Waals surface area contributed by atoms with E-state index in [1.165, 1.54) is 35.2 Å². The van der Waals surface area contributed by atoms with Crippen molar-refractivity contribution in [1.82, 2.24) is 0 Å². The van der Waals surface area contributed by atoms with Crippen molar-refractivity contribution >= 4 is 21.4 Å². The lowest BCUT2D eigenvalue weighted by atomic mass is 10.00. The summed E-state index contributed by atoms with van der Waals surface area (Å²) in [6.45, 7) is 0.289. The molecule has 126 valence electrons. The maximum Gasteiger partial charge on any atom is 0.258 e. The molecule has 1 heterocycles. The zero-order chi connectivity index (χ0) is 17.5. The van der Waals surface area contributed by atoms with E-state index in [1.807, 2.05) is 0 Å². The number of carbonyl (C=O) groups excluding carboxylic acids is 1. The summed E-state index contributed by atoms with van der Waals surface area (Å²) in [5.74, 6) is -1.98. The number of fused-ring (bicyclic) bond motifs is 1. The van der Waals surface area contributed by atoms with E-state index in [1.54, 1.807) is 0 Å². The number of hydrogen-bond acceptors (Lipinski definition) is 3. The predicted molar refractivity (Wildman–Crippen MR) is 85.9 cm³/mol. The van der Waals surface area contributed by atoms with Crippen LogP contribution in [0.5, 0.6) is 0 Å². The molecule has 1 aliphatic rings. The molecule has 0 bridgehead atoms. The van der Waals surface area contributed by atoms with E-state index >= 15 is 0 Å². The van der Waals surface area contributed by atoms with E-state index in [9.17, 15) is 22.0 Å². The Morgan fingerprint density at radius 1 is 1.17 bits per heavy atom. The SMILES string of the molecule is CS(=O)(=O)c1cccc(C(=O)N2CCCc3cc(F)cc(F)c32)c1. The molecule has 0 saturated heterocycles. The average Bonchev–Trinajstić information content (AvgIpc) is 2.52. The minimum absolute atomic E-state index is 0.0187. The van der Waals surface area contributed by atoms with Gasteiger partial charge in [-0.15, -0.1) is 0 Å². The molecule has 0 aromatic heterocycles. The van der Waals surface area contributed by atoms with E-state index in [0.717, 1.165) is 12.3 Å². The molecule has 7 heteroatoms. The van der Waals surface area contributed by atoms with Crippen LogP contribution in [0, 0.1) is 11.6 Å². The van der Waals surface area contributed by atoms with Crippen LogP contribution in [0.4, 0.5) is 14.5 Å². The van der Waals surface area contributed by atoms with Crippen LogP contribution in [0.25, 0.3) is 0 Å². The number of nitrogens with zero attached hydrogens (tertiary/aromatic N) is 1. The Hall–Kier alpha value is -2.28. The van der Waals surface area contributed by atoms with E-state index in [4.69, 9.17) is 0 Å². The van der Waals surface area contributed by atoms with Crippen molar-refractivity contribution in [1.29, 1.82) is 0 Å². The van der Waals surface area contributed by atoms with E-state index in [2.05, 4.69) is 0 Å². The predicted octanol–water partition coefficient (Wildman–Crippen LogP) is 2.96. The first-order chi connectivity index (χ1) is 11.3. The molecule has 2 aromatic carbocycles. The van der Waals surface area contributed by atoms with Gasteiger partial charge in [0.1, 0.15) is 11.6 Å². The largest absolute Gasteiger partial charge is 0.305 e. The van der Waals surface area contributed by atoms with Crippen LogP contribution in [0.1, 0.15) is 22.3 Å². The van der Waals surface area contributed by atoms with Crippen LogP contribution < -0.4 is 4.90 Å². The second-order valence-corrected chi connectivity index (χ2v) is 7.77. The molecule has 0 fully saturated rings. The first kappa shape index (κ1) is 16.6. The summed E-state index contributed by atoms with van der Waals surface area (Å²) in [4.78, 5) is 14.0. The first-order valence-corrected chi connectivity index (χ1v) is 9.26. The highest BCUT2D eigenvalue weighted by Gasteiger charge is 2.27. The summed E-state index contributed by atoms with van der Waals surface area (Å²) in [7, 11) is -3.46. The zero-order valence-electron chi connectivity index (χ0n) is 12.9. The fourth-order valence-electron chi connectivity index (χ4n) is 2.87. The van der Waals surface area contributed by atoms with E-state index in [-0.39, 0.29) is 22.7 Å². The number of rotatable bonds is 2. The van der Waals surface area contributed by atoms with Crippen molar-refractivity contribution in [3.63, 3.8) is 0 Å². The molecule has 0 radical (unpaired) electrons. The Bertz CT molecular complexity index is 925. The van der Waals surface area contributed by atoms with Gasteiger partial charge in [-0.05, 0) is 42.7 Å². The molecular weight excluding hydrogens is 336 g/mol. The van der Waals surface area contributed by atoms with Crippen LogP contribution in [0.15, 0.2) is 41.3 Å². The number of amides is 1. The zero-order valence-corrected chi connectivity index (χ0v) is 13.7. The molecule has 3 rings (SSSR count). The number of hydrogen-bond donors (Lipinski definition) is 0. The molecule has 1 amide bonds. The van der Waals surface area contributed by atoms with Gasteiger partial charge >= 0.3 is 0 Å². The van der Waals surface area contributed by atoms with Crippen molar-refractivity contribution in [3.05, 3.63) is 59.2 Å². The smallest absolute Gasteiger partial charge is 0.258 e. The average molecular weight is 351 g/mol. The molecule has 24 heavy (non-hydrogen) atoms. The molecule has 4 nitrogen and oxygen atoms in total. The summed E-state index contributed by atoms with van der Waals surface area (Å²) in [5.41, 5.74) is 0.651. The van der Waals surface area contributed by atoms with Gasteiger partial charge in [0, 0.05) is 24.4 Å². The highest BCUT2D eigenvalue weighted by Crippen LogP contribution is 2.32. The normalized spacial score (nSPS) is 14.4. The number of aryl methyl sites for hydroxylation is 1. The molecule has 0 N–H and O–H groups in total. The fraction of sp³-hybridized carbons (Fsp3) is 0.235. The summed E-state index contributed by atoms with van der Waals surface area (Å²) in [5, 5.41) is 0. The third kappa shape index (κ3) is 3.03. The van der Waals surface area contributed by atoms with Crippen LogP contribution in [0.2, 0.25) is 0 Å². The van der Waals surface area contributed by atoms with Crippen molar-refractivity contribution < 1.29 is 22.0 Å². The monoisotopic (exact) mass is 351 g/mol. The minimum Gasteiger partial charge on any atom is -0.305 e. The summed E-state index contributed by atoms with van der Waals surface area (Å²) < 4.78 is 50.9. The second-order valence-electron chi connectivity index (χ2n) is 5.76. The van der Waals surface area contributed by atoms with Gasteiger partial charge in [0.15, 0.2) is 9.84 Å². The Balaban J connectivity index is 2.05. The van der Waals surface area contributed by atoms with Crippen LogP contribution in [-0.2, 0) is 16.3 Å². The minimum atomic E-state index is -3.46. The van der Waals surface area contributed by atoms with Gasteiger partial charge < -0.3 is 4.90 Å². The van der Waals surface area contributed by atoms with Gasteiger partial charge in [-0.3, -0.25) is 4.79 Å². The third-order valence-corrected chi connectivity index (χ3v) is 5.07. The first-order valence-electron chi connectivity index (χ1n) is 7.37. The third-order valence-electron chi connectivity index (χ3n) is 3.96. The van der Waals surface area contributed by atoms with Gasteiger partial charge in [-0.25, -0.2) is 17.2 Å². The van der Waals surface area contributed by atoms with E-state index in [0.29, 0.717) is 18.4 Å². The summed E-state index contributed by atoms with van der Waals surface area (Å²) in [6, 6.07) is 7.59. The van der Waals surface area contributed by atoms with Crippen molar-refractivity contribution in [2.75, 3.05) is 17.7 Å². The molecule has 0 unspecified atom stereocenters. The quantitative estimate of drug-likeness (QED) is 0.836. The second kappa shape index (κ2) is 5.98. The molecule has 2 aromatic rings. The van der Waals surface area contributed by atoms with Crippen molar-refractivity contribution in [3.8, 4) is 0 Å². The van der Waals surface area contributed by atoms with Crippen LogP contribution in [-0.4, -0.2) is 27.1 Å². The van der Waals surface area contributed by atoms with Gasteiger partial charge in [0.05, 0.1) is 10.6 Å². The number of benzene rings is 2. The lowest BCUT2D eigenvalue weighted by Crippen LogP contribution is -2.36. The topological polar surface area (TPSA) is 54.5 Å². The Morgan fingerprint density at radius 2 is 1.92 bits per heavy atom. The van der Waals surface area contributed by atoms with Crippen molar-refractivity contribution in [2.45, 2.75) is 17.7 Å². The van der Waals surface area contributed by atoms with Gasteiger partial charge in [-0.2, -0.15) is 0 Å². The molecule has 0 spiro atoms. The number of anilines is 1. The van der Waals surface area contributed by atoms with Crippen molar-refractivity contribution in [2.24, 2.45) is 0 Å². The Labute approximate surface area is 138 Å². The van der Waals surface area contributed by atoms with E-state index < -0.39 is 27.4 Å². The summed E-state index contributed by atoms with van der Waals surface area (Å²) in [6.07, 6.45) is 2.11. The number of halogens is 2. The standard InChI is InChI=1S/C17H15F2NO3S/c1-24(22,23)14-6-2-4-12(9-14)17(21)20-7-3-5-11-8-13(18)10-15(19)16(11)20/h2,4,6,8-10H,3,5,7H2,1H3. The molecule has 0 aliphatic carbocycles. The van der Waals surface area contributed by atoms with Gasteiger partial charge in [0.2, 0.25) is 0 Å². The Morgan fingerprint density at radius 3 is 2.62 bits per heavy atom. The van der Waals surface area contributed by atoms with Gasteiger partial charge in [-0.1, -0.05) is 6.07 Å². The maximum atomic E-state index is 14.2. The van der Waals surface area contributed by atoms with Gasteiger partial charge in [0.25, 0.3) is 5.91 Å². The highest BCUT2D eigenvalue weighted by molar-refractivity contribution is 7.90. The molecule has 0 atom stereocenters. The summed E-state index contributed by atoms with van der Waals surface area (Å²) >= 11 is 0. The molecule has 0 saturated carbocycles. The molecular formula is C17H15F2NO3S. The number of sulfone groups is 1. The lowest BCUT2D eigenvalue weighted by molar-refractivity contribution is 0.0984.